The predicted octanol–water partition coefficient (Wildman–Crippen LogP) is 1.14. The number of nitro groups is 1. The molecule has 0 amide bonds. The molecule has 0 saturated heterocycles. The molecule has 0 aliphatic carbocycles. The van der Waals surface area contributed by atoms with Crippen LogP contribution in [-0.2, 0) is 6.54 Å². The second kappa shape index (κ2) is 6.19. The Balaban J connectivity index is 2.83. The number of likely N-dealkylation sites (N-methyl/N-ethyl adjacent to an activating group) is 1. The van der Waals surface area contributed by atoms with Crippen LogP contribution in [0.1, 0.15) is 19.5 Å². The summed E-state index contributed by atoms with van der Waals surface area (Å²) < 4.78 is 1.62. The van der Waals surface area contributed by atoms with E-state index < -0.39 is 0 Å². The van der Waals surface area contributed by atoms with Gasteiger partial charge in [-0.2, -0.15) is 5.10 Å². The zero-order valence-electron chi connectivity index (χ0n) is 10.5. The predicted molar refractivity (Wildman–Crippen MR) is 66.3 cm³/mol. The lowest BCUT2D eigenvalue weighted by atomic mass is 10.4. The highest BCUT2D eigenvalue weighted by Gasteiger charge is 2.24. The molecule has 1 rings (SSSR count). The quantitative estimate of drug-likeness (QED) is 0.425. The average Bonchev–Trinajstić information content (AvgIpc) is 2.61. The Labute approximate surface area is 100 Å². The van der Waals surface area contributed by atoms with E-state index in [0.717, 1.165) is 13.1 Å². The molecule has 0 fully saturated rings. The molecule has 0 radical (unpaired) electrons. The van der Waals surface area contributed by atoms with Crippen LogP contribution in [0.4, 0.5) is 11.5 Å². The number of rotatable bonds is 7. The zero-order chi connectivity index (χ0) is 12.8. The van der Waals surface area contributed by atoms with E-state index in [2.05, 4.69) is 15.7 Å². The molecule has 0 aliphatic rings. The molecule has 0 bridgehead atoms. The Morgan fingerprint density at radius 1 is 1.41 bits per heavy atom. The highest BCUT2D eigenvalue weighted by molar-refractivity contribution is 5.59. The van der Waals surface area contributed by atoms with Gasteiger partial charge in [-0.05, 0) is 20.4 Å². The van der Waals surface area contributed by atoms with E-state index in [-0.39, 0.29) is 10.6 Å². The van der Waals surface area contributed by atoms with Crippen LogP contribution in [0, 0.1) is 17.0 Å². The fourth-order valence-electron chi connectivity index (χ4n) is 1.64. The summed E-state index contributed by atoms with van der Waals surface area (Å²) in [4.78, 5) is 10.6. The van der Waals surface area contributed by atoms with E-state index in [1.54, 1.807) is 11.6 Å². The lowest BCUT2D eigenvalue weighted by Crippen LogP contribution is -2.22. The fourth-order valence-corrected chi connectivity index (χ4v) is 1.64. The lowest BCUT2D eigenvalue weighted by Gasteiger charge is -2.07. The molecule has 1 heterocycles. The van der Waals surface area contributed by atoms with E-state index in [1.807, 2.05) is 13.8 Å². The Bertz CT molecular complexity index is 388. The minimum Gasteiger partial charge on any atom is -0.363 e. The monoisotopic (exact) mass is 241 g/mol. The van der Waals surface area contributed by atoms with Crippen molar-refractivity contribution < 1.29 is 4.92 Å². The Morgan fingerprint density at radius 2 is 2.12 bits per heavy atom. The highest BCUT2D eigenvalue weighted by Crippen LogP contribution is 2.27. The number of aryl methyl sites for hydroxylation is 2. The number of anilines is 1. The van der Waals surface area contributed by atoms with Gasteiger partial charge in [-0.3, -0.25) is 10.1 Å². The van der Waals surface area contributed by atoms with Crippen molar-refractivity contribution in [3.05, 3.63) is 15.8 Å². The lowest BCUT2D eigenvalue weighted by molar-refractivity contribution is -0.384. The maximum atomic E-state index is 11.0. The smallest absolute Gasteiger partial charge is 0.333 e. The molecule has 2 N–H and O–H groups in total. The first-order valence-corrected chi connectivity index (χ1v) is 5.78. The van der Waals surface area contributed by atoms with Crippen LogP contribution in [-0.4, -0.2) is 34.3 Å². The van der Waals surface area contributed by atoms with Crippen molar-refractivity contribution in [1.29, 1.82) is 0 Å². The number of nitrogens with zero attached hydrogens (tertiary/aromatic N) is 3. The first-order valence-electron chi connectivity index (χ1n) is 5.78. The Morgan fingerprint density at radius 3 is 2.65 bits per heavy atom. The van der Waals surface area contributed by atoms with E-state index in [0.29, 0.717) is 24.6 Å². The van der Waals surface area contributed by atoms with Crippen molar-refractivity contribution in [3.8, 4) is 0 Å². The molecule has 0 unspecified atom stereocenters. The van der Waals surface area contributed by atoms with Crippen molar-refractivity contribution in [1.82, 2.24) is 15.1 Å². The second-order valence-electron chi connectivity index (χ2n) is 3.64. The maximum absolute atomic E-state index is 11.0. The molecule has 0 spiro atoms. The number of aromatic nitrogens is 2. The highest BCUT2D eigenvalue weighted by atomic mass is 16.6. The number of nitrogens with one attached hydrogen (secondary N) is 2. The third-order valence-electron chi connectivity index (χ3n) is 2.42. The molecular weight excluding hydrogens is 222 g/mol. The van der Waals surface area contributed by atoms with Crippen molar-refractivity contribution in [2.24, 2.45) is 0 Å². The molecule has 96 valence electrons. The van der Waals surface area contributed by atoms with Gasteiger partial charge in [0.25, 0.3) is 0 Å². The van der Waals surface area contributed by atoms with Gasteiger partial charge in [-0.25, -0.2) is 4.68 Å². The van der Waals surface area contributed by atoms with Crippen LogP contribution in [0.3, 0.4) is 0 Å². The topological polar surface area (TPSA) is 85.0 Å². The molecular formula is C10H19N5O2. The van der Waals surface area contributed by atoms with Crippen LogP contribution >= 0.6 is 0 Å². The summed E-state index contributed by atoms with van der Waals surface area (Å²) in [6.07, 6.45) is 0. The van der Waals surface area contributed by atoms with Crippen LogP contribution in [0.2, 0.25) is 0 Å². The van der Waals surface area contributed by atoms with Crippen LogP contribution < -0.4 is 10.6 Å². The summed E-state index contributed by atoms with van der Waals surface area (Å²) >= 11 is 0. The number of hydrogen-bond acceptors (Lipinski definition) is 5. The summed E-state index contributed by atoms with van der Waals surface area (Å²) in [5.74, 6) is 0.493. The van der Waals surface area contributed by atoms with Crippen LogP contribution in [0.5, 0.6) is 0 Å². The fraction of sp³-hybridized carbons (Fsp3) is 0.700. The molecule has 0 aromatic carbocycles. The van der Waals surface area contributed by atoms with Gasteiger partial charge in [0.1, 0.15) is 5.69 Å². The van der Waals surface area contributed by atoms with Gasteiger partial charge in [0.15, 0.2) is 0 Å². The first kappa shape index (κ1) is 13.4. The van der Waals surface area contributed by atoms with Crippen molar-refractivity contribution in [3.63, 3.8) is 0 Å². The van der Waals surface area contributed by atoms with Crippen molar-refractivity contribution in [2.75, 3.05) is 25.0 Å². The molecule has 0 atom stereocenters. The van der Waals surface area contributed by atoms with Gasteiger partial charge in [-0.1, -0.05) is 6.92 Å². The summed E-state index contributed by atoms with van der Waals surface area (Å²) in [5.41, 5.74) is 0.520. The van der Waals surface area contributed by atoms with Crippen LogP contribution in [0.15, 0.2) is 0 Å². The van der Waals surface area contributed by atoms with Crippen molar-refractivity contribution in [2.45, 2.75) is 27.3 Å². The molecule has 7 nitrogen and oxygen atoms in total. The molecule has 0 saturated carbocycles. The van der Waals surface area contributed by atoms with Gasteiger partial charge >= 0.3 is 5.69 Å². The summed E-state index contributed by atoms with van der Waals surface area (Å²) in [5, 5.41) is 21.3. The van der Waals surface area contributed by atoms with E-state index in [1.165, 1.54) is 0 Å². The third-order valence-corrected chi connectivity index (χ3v) is 2.42. The standard InChI is InChI=1S/C10H19N5O2/c1-4-11-6-7-12-10-9(15(16)17)8(3)13-14(10)5-2/h11-12H,4-7H2,1-3H3. The first-order chi connectivity index (χ1) is 8.11. The largest absolute Gasteiger partial charge is 0.363 e. The van der Waals surface area contributed by atoms with Gasteiger partial charge in [0.2, 0.25) is 5.82 Å². The van der Waals surface area contributed by atoms with Gasteiger partial charge in [0, 0.05) is 19.6 Å². The van der Waals surface area contributed by atoms with Crippen molar-refractivity contribution >= 4 is 11.5 Å². The average molecular weight is 241 g/mol. The zero-order valence-corrected chi connectivity index (χ0v) is 10.5. The minimum absolute atomic E-state index is 0.0725. The summed E-state index contributed by atoms with van der Waals surface area (Å²) in [6, 6.07) is 0. The number of hydrogen-bond donors (Lipinski definition) is 2. The molecule has 0 aliphatic heterocycles. The Hall–Kier alpha value is -1.63. The SMILES string of the molecule is CCNCCNc1c([N+](=O)[O-])c(C)nn1CC. The Kier molecular flexibility index (Phi) is 4.89. The van der Waals surface area contributed by atoms with E-state index in [9.17, 15) is 10.1 Å². The molecule has 7 heteroatoms. The molecule has 17 heavy (non-hydrogen) atoms. The minimum atomic E-state index is -0.385. The summed E-state index contributed by atoms with van der Waals surface area (Å²) in [7, 11) is 0. The van der Waals surface area contributed by atoms with E-state index >= 15 is 0 Å². The molecule has 1 aromatic heterocycles. The second-order valence-corrected chi connectivity index (χ2v) is 3.64. The van der Waals surface area contributed by atoms with Gasteiger partial charge < -0.3 is 10.6 Å². The molecule has 1 aromatic rings. The van der Waals surface area contributed by atoms with Gasteiger partial charge in [0.05, 0.1) is 4.92 Å². The maximum Gasteiger partial charge on any atom is 0.333 e. The van der Waals surface area contributed by atoms with Gasteiger partial charge in [-0.15, -0.1) is 0 Å². The van der Waals surface area contributed by atoms with Crippen LogP contribution in [0.25, 0.3) is 0 Å². The normalized spacial score (nSPS) is 10.5. The summed E-state index contributed by atoms with van der Waals surface area (Å²) in [6.45, 7) is 8.48. The third kappa shape index (κ3) is 3.16. The van der Waals surface area contributed by atoms with E-state index in [4.69, 9.17) is 0 Å².